The van der Waals surface area contributed by atoms with E-state index in [-0.39, 0.29) is 88.4 Å². The number of aliphatic carboxylic acids is 1. The third-order valence-corrected chi connectivity index (χ3v) is 14.1. The van der Waals surface area contributed by atoms with E-state index in [9.17, 15) is 58.5 Å². The summed E-state index contributed by atoms with van der Waals surface area (Å²) in [5.41, 5.74) is 28.4. The topological polar surface area (TPSA) is 465 Å². The molecule has 0 radical (unpaired) electrons. The van der Waals surface area contributed by atoms with Gasteiger partial charge in [-0.2, -0.15) is 0 Å². The summed E-state index contributed by atoms with van der Waals surface area (Å²) in [4.78, 5) is 129. The van der Waals surface area contributed by atoms with E-state index in [4.69, 9.17) is 28.7 Å². The molecule has 9 atom stereocenters. The van der Waals surface area contributed by atoms with Gasteiger partial charge in [-0.25, -0.2) is 0 Å². The number of aliphatic imine (C=N–C) groups is 2. The predicted molar refractivity (Wildman–Crippen MR) is 324 cm³/mol. The quantitative estimate of drug-likeness (QED) is 0.0220. The zero-order valence-corrected chi connectivity index (χ0v) is 51.3. The maximum Gasteiger partial charge on any atom is 0.305 e. The Morgan fingerprint density at radius 3 is 1.45 bits per heavy atom. The molecule has 0 spiro atoms. The van der Waals surface area contributed by atoms with Crippen LogP contribution in [0.3, 0.4) is 0 Å². The van der Waals surface area contributed by atoms with Gasteiger partial charge in [-0.1, -0.05) is 112 Å². The van der Waals surface area contributed by atoms with Crippen LogP contribution in [-0.4, -0.2) is 168 Å². The van der Waals surface area contributed by atoms with Gasteiger partial charge < -0.3 is 86.5 Å². The van der Waals surface area contributed by atoms with Crippen LogP contribution in [0.2, 0.25) is 0 Å². The summed E-state index contributed by atoms with van der Waals surface area (Å²) < 4.78 is 0. The van der Waals surface area contributed by atoms with Crippen LogP contribution in [0.1, 0.15) is 196 Å². The molecule has 484 valence electrons. The molecule has 9 unspecified atom stereocenters. The number of carbonyl (C=O) groups is 9. The summed E-state index contributed by atoms with van der Waals surface area (Å²) in [5, 5.41) is 51.1. The number of amidine groups is 1. The van der Waals surface area contributed by atoms with Crippen LogP contribution in [0.4, 0.5) is 0 Å². The maximum absolute atomic E-state index is 14.3. The number of hydrogen-bond acceptors (Lipinski definition) is 15. The molecule has 0 aromatic heterocycles. The van der Waals surface area contributed by atoms with E-state index >= 15 is 0 Å². The molecule has 0 bridgehead atoms. The van der Waals surface area contributed by atoms with Crippen LogP contribution in [0.5, 0.6) is 0 Å². The Bertz CT molecular complexity index is 2010. The minimum atomic E-state index is -1.91. The van der Waals surface area contributed by atoms with Gasteiger partial charge in [0.25, 0.3) is 0 Å². The number of primary amides is 1. The van der Waals surface area contributed by atoms with Crippen LogP contribution in [0.15, 0.2) is 9.98 Å². The van der Waals surface area contributed by atoms with E-state index in [0.29, 0.717) is 31.6 Å². The second-order valence-corrected chi connectivity index (χ2v) is 22.2. The van der Waals surface area contributed by atoms with Gasteiger partial charge in [0.2, 0.25) is 47.3 Å². The van der Waals surface area contributed by atoms with Crippen molar-refractivity contribution in [2.75, 3.05) is 39.3 Å². The van der Waals surface area contributed by atoms with E-state index < -0.39 is 109 Å². The Balaban J connectivity index is 6.15. The number of nitrogens with two attached hydrogens (primary N) is 5. The van der Waals surface area contributed by atoms with Crippen molar-refractivity contribution in [1.82, 2.24) is 42.5 Å². The zero-order chi connectivity index (χ0) is 63.4. The Morgan fingerprint density at radius 2 is 0.976 bits per heavy atom. The molecule has 0 saturated heterocycles. The average molecular weight is 1200 g/mol. The smallest absolute Gasteiger partial charge is 0.305 e. The largest absolute Gasteiger partial charge is 0.481 e. The van der Waals surface area contributed by atoms with Crippen molar-refractivity contribution >= 4 is 65.0 Å². The molecule has 0 rings (SSSR count). The van der Waals surface area contributed by atoms with Crippen molar-refractivity contribution in [3.8, 4) is 0 Å². The van der Waals surface area contributed by atoms with Crippen molar-refractivity contribution < 1.29 is 58.5 Å². The first-order chi connectivity index (χ1) is 39.9. The highest BCUT2D eigenvalue weighted by molar-refractivity contribution is 5.98. The number of guanidine groups is 1. The second kappa shape index (κ2) is 47.1. The predicted octanol–water partition coefficient (Wildman–Crippen LogP) is 0.196. The summed E-state index contributed by atoms with van der Waals surface area (Å²) in [7, 11) is 0. The average Bonchev–Trinajstić information content (AvgIpc) is 3.59. The van der Waals surface area contributed by atoms with Crippen molar-refractivity contribution in [2.45, 2.75) is 244 Å². The van der Waals surface area contributed by atoms with Gasteiger partial charge in [0.1, 0.15) is 42.3 Å². The summed E-state index contributed by atoms with van der Waals surface area (Å²) in [5.74, 6) is -8.34. The minimum absolute atomic E-state index is 0.00935. The van der Waals surface area contributed by atoms with Gasteiger partial charge in [0.15, 0.2) is 5.96 Å². The first-order valence-corrected chi connectivity index (χ1v) is 30.6. The fourth-order valence-electron chi connectivity index (χ4n) is 8.86. The third kappa shape index (κ3) is 37.2. The first-order valence-electron chi connectivity index (χ1n) is 30.6. The van der Waals surface area contributed by atoms with Crippen molar-refractivity contribution in [2.24, 2.45) is 50.5 Å². The molecule has 0 aliphatic rings. The van der Waals surface area contributed by atoms with Crippen LogP contribution in [0, 0.1) is 11.8 Å². The number of carboxylic acid groups (broad SMARTS) is 1. The lowest BCUT2D eigenvalue weighted by Gasteiger charge is -2.28. The van der Waals surface area contributed by atoms with E-state index in [2.05, 4.69) is 59.4 Å². The summed E-state index contributed by atoms with van der Waals surface area (Å²) in [6.45, 7) is 10.7. The molecule has 27 heteroatoms. The fraction of sp³-hybridized carbons (Fsp3) is 0.807. The molecule has 0 saturated carbocycles. The van der Waals surface area contributed by atoms with Gasteiger partial charge in [0, 0.05) is 38.5 Å². The molecule has 0 heterocycles. The Hall–Kier alpha value is -6.19. The normalized spacial score (nSPS) is 14.7. The van der Waals surface area contributed by atoms with E-state index in [0.717, 1.165) is 39.0 Å². The lowest BCUT2D eigenvalue weighted by Crippen LogP contribution is -2.61. The lowest BCUT2D eigenvalue weighted by atomic mass is 10.0. The molecule has 8 amide bonds. The molecule has 27 nitrogen and oxygen atoms in total. The number of nitrogens with one attached hydrogen (secondary N) is 8. The van der Waals surface area contributed by atoms with E-state index in [1.165, 1.54) is 57.8 Å². The number of unbranched alkanes of at least 4 members (excludes halogenated alkanes) is 13. The highest BCUT2D eigenvalue weighted by atomic mass is 16.4. The van der Waals surface area contributed by atoms with Crippen molar-refractivity contribution in [3.63, 3.8) is 0 Å². The van der Waals surface area contributed by atoms with Crippen LogP contribution < -0.4 is 71.2 Å². The van der Waals surface area contributed by atoms with Crippen LogP contribution in [0.25, 0.3) is 0 Å². The van der Waals surface area contributed by atoms with Gasteiger partial charge in [-0.15, -0.1) is 0 Å². The Labute approximate surface area is 498 Å². The van der Waals surface area contributed by atoms with Gasteiger partial charge in [-0.05, 0) is 83.6 Å². The standard InChI is InChI=1S/C57H109N15O12/c1-7-9-10-11-12-13-14-15-16-17-18-19-20-28-46(75)64-33-32-63-45(36-73)55(83)72-48(39(6)74)56(84)71-44(35-47(76)77)54(82)69-42(27-24-31-66-57(61)62)52(80)70-43(34-37(3)4)53(81)68-41(26-23-30-65-49(59)38(5)8-2)51(79)67-40(50(60)78)25-21-22-29-58/h37-45,48,63,73-74H,7-36,58H2,1-6H3,(H2,59,65)(H2,60,78)(H,64,75)(H,67,79)(H,68,81)(H,69,82)(H,70,80)(H,71,84)(H,72,83)(H,76,77)(H4,61,62,66). The highest BCUT2D eigenvalue weighted by Crippen LogP contribution is 2.14. The number of amides is 8. The molecular formula is C57H109N15O12. The minimum Gasteiger partial charge on any atom is -0.481 e. The molecule has 0 fully saturated rings. The van der Waals surface area contributed by atoms with E-state index in [1.807, 2.05) is 13.8 Å². The molecule has 0 aliphatic carbocycles. The monoisotopic (exact) mass is 1200 g/mol. The van der Waals surface area contributed by atoms with Gasteiger partial charge in [-0.3, -0.25) is 53.1 Å². The molecular weight excluding hydrogens is 1090 g/mol. The number of carbonyl (C=O) groups excluding carboxylic acids is 8. The number of carboxylic acids is 1. The number of rotatable bonds is 51. The van der Waals surface area contributed by atoms with E-state index in [1.54, 1.807) is 13.8 Å². The summed E-state index contributed by atoms with van der Waals surface area (Å²) in [6.07, 6.45) is 15.2. The van der Waals surface area contributed by atoms with Crippen LogP contribution >= 0.6 is 0 Å². The van der Waals surface area contributed by atoms with Crippen molar-refractivity contribution in [1.29, 1.82) is 0 Å². The summed E-state index contributed by atoms with van der Waals surface area (Å²) in [6, 6.07) is -10.2. The number of aliphatic hydroxyl groups is 2. The fourth-order valence-corrected chi connectivity index (χ4v) is 8.86. The second-order valence-electron chi connectivity index (χ2n) is 22.2. The number of aliphatic hydroxyl groups excluding tert-OH is 2. The first kappa shape index (κ1) is 77.8. The number of nitrogens with zero attached hydrogens (tertiary/aromatic N) is 2. The molecule has 21 N–H and O–H groups in total. The van der Waals surface area contributed by atoms with Gasteiger partial charge in [0.05, 0.1) is 25.0 Å². The summed E-state index contributed by atoms with van der Waals surface area (Å²) >= 11 is 0. The SMILES string of the molecule is CCCCCCCCCCCCCCCC(=O)NCCNC(CO)C(=O)NC(C(=O)NC(CC(=O)O)C(=O)NC(CCCN=C(N)N)C(=O)NC(CC(C)C)C(=O)NC(CCCN=C(N)C(C)CC)C(=O)NC(CCCCN)C(N)=O)C(C)O. The highest BCUT2D eigenvalue weighted by Gasteiger charge is 2.36. The van der Waals surface area contributed by atoms with Crippen molar-refractivity contribution in [3.05, 3.63) is 0 Å². The lowest BCUT2D eigenvalue weighted by molar-refractivity contribution is -0.142. The number of hydrogen-bond donors (Lipinski definition) is 16. The maximum atomic E-state index is 14.3. The van der Waals surface area contributed by atoms with Gasteiger partial charge >= 0.3 is 5.97 Å². The molecule has 0 aliphatic heterocycles. The van der Waals surface area contributed by atoms with Crippen LogP contribution in [-0.2, 0) is 43.2 Å². The third-order valence-electron chi connectivity index (χ3n) is 14.1. The molecule has 84 heavy (non-hydrogen) atoms. The zero-order valence-electron chi connectivity index (χ0n) is 51.3. The molecule has 0 aromatic rings. The Morgan fingerprint density at radius 1 is 0.512 bits per heavy atom. The Kier molecular flexibility index (Phi) is 43.6. The molecule has 0 aromatic carbocycles.